The third-order valence-electron chi connectivity index (χ3n) is 9.61. The molecule has 68 heavy (non-hydrogen) atoms. The largest absolute Gasteiger partial charge is 0.417 e. The lowest BCUT2D eigenvalue weighted by molar-refractivity contribution is -0.138. The van der Waals surface area contributed by atoms with Gasteiger partial charge in [0, 0.05) is 33.9 Å². The number of ketones is 2. The number of halogens is 10. The highest BCUT2D eigenvalue weighted by Gasteiger charge is 2.34. The Morgan fingerprint density at radius 2 is 0.838 bits per heavy atom. The van der Waals surface area contributed by atoms with Crippen LogP contribution in [-0.2, 0) is 31.5 Å². The number of carbonyl (C=O) groups is 6. The van der Waals surface area contributed by atoms with Crippen LogP contribution in [0.5, 0.6) is 0 Å². The second-order valence-corrected chi connectivity index (χ2v) is 16.1. The molecule has 0 saturated carbocycles. The Balaban J connectivity index is 1.26. The standard InChI is InChI=1S/C44H32Cl4F6N8O6/c1-19-20(2)34(58-42(68)38(22(4)64)62-60-36-16-24(6-12-30(36)46)40(66)56-26-8-10-28(32(48)18-26)44(52,53)54)14-13-33(19)57-41(67)37(21(3)63)61-59-35-15-23(5-11-29(35)45)39(65)55-25-7-9-27(31(47)17-25)43(49,50)51/h5-18,37-38H,1-4H3,(H,55,65)(H,56,66)(H,57,67)(H,58,68). The van der Waals surface area contributed by atoms with E-state index in [0.717, 1.165) is 38.1 Å². The lowest BCUT2D eigenvalue weighted by Crippen LogP contribution is -2.33. The minimum Gasteiger partial charge on any atom is -0.324 e. The molecule has 14 nitrogen and oxygen atoms in total. The molecule has 0 radical (unpaired) electrons. The Labute approximate surface area is 401 Å². The van der Waals surface area contributed by atoms with Crippen LogP contribution in [0.3, 0.4) is 0 Å². The van der Waals surface area contributed by atoms with Crippen LogP contribution < -0.4 is 21.3 Å². The van der Waals surface area contributed by atoms with Crippen molar-refractivity contribution < 1.29 is 55.1 Å². The van der Waals surface area contributed by atoms with E-state index >= 15 is 0 Å². The van der Waals surface area contributed by atoms with E-state index < -0.39 is 80.8 Å². The van der Waals surface area contributed by atoms with Crippen LogP contribution in [0.25, 0.3) is 0 Å². The highest BCUT2D eigenvalue weighted by atomic mass is 35.5. The van der Waals surface area contributed by atoms with Crippen LogP contribution in [0.15, 0.2) is 105 Å². The van der Waals surface area contributed by atoms with E-state index in [-0.39, 0.29) is 55.3 Å². The molecular formula is C44H32Cl4F6N8O6. The third kappa shape index (κ3) is 13.0. The van der Waals surface area contributed by atoms with Crippen molar-refractivity contribution in [1.82, 2.24) is 0 Å². The number of nitrogens with one attached hydrogen (secondary N) is 4. The molecule has 5 aromatic rings. The Morgan fingerprint density at radius 3 is 1.15 bits per heavy atom. The summed E-state index contributed by atoms with van der Waals surface area (Å²) < 4.78 is 78.6. The first-order chi connectivity index (χ1) is 31.7. The number of benzene rings is 5. The van der Waals surface area contributed by atoms with Gasteiger partial charge < -0.3 is 21.3 Å². The fraction of sp³-hybridized carbons (Fsp3) is 0.182. The molecule has 0 aliphatic heterocycles. The van der Waals surface area contributed by atoms with Crippen molar-refractivity contribution in [3.05, 3.63) is 138 Å². The zero-order valence-electron chi connectivity index (χ0n) is 35.3. The summed E-state index contributed by atoms with van der Waals surface area (Å²) in [6, 6.07) is 12.1. The molecule has 0 aliphatic rings. The quantitative estimate of drug-likeness (QED) is 0.0484. The van der Waals surface area contributed by atoms with Crippen LogP contribution >= 0.6 is 46.4 Å². The van der Waals surface area contributed by atoms with Gasteiger partial charge in [0.05, 0.1) is 31.2 Å². The molecule has 5 aromatic carbocycles. The van der Waals surface area contributed by atoms with Crippen molar-refractivity contribution >= 4 is 116 Å². The number of carbonyl (C=O) groups excluding carboxylic acids is 6. The lowest BCUT2D eigenvalue weighted by Gasteiger charge is -2.17. The van der Waals surface area contributed by atoms with Gasteiger partial charge in [-0.25, -0.2) is 0 Å². The maximum Gasteiger partial charge on any atom is 0.417 e. The molecule has 2 atom stereocenters. The molecule has 4 amide bonds. The number of azo groups is 2. The highest BCUT2D eigenvalue weighted by Crippen LogP contribution is 2.38. The predicted molar refractivity (Wildman–Crippen MR) is 243 cm³/mol. The summed E-state index contributed by atoms with van der Waals surface area (Å²) in [5.41, 5.74) is -1.48. The number of Topliss-reactive ketones (excluding diaryl/α,β-unsaturated/α-hetero) is 2. The summed E-state index contributed by atoms with van der Waals surface area (Å²) in [5, 5.41) is 24.2. The molecule has 354 valence electrons. The second-order valence-electron chi connectivity index (χ2n) is 14.5. The number of nitrogens with zero attached hydrogens (tertiary/aromatic N) is 4. The van der Waals surface area contributed by atoms with Crippen molar-refractivity contribution in [1.29, 1.82) is 0 Å². The van der Waals surface area contributed by atoms with Crippen LogP contribution in [-0.4, -0.2) is 47.3 Å². The number of hydrogen-bond acceptors (Lipinski definition) is 10. The fourth-order valence-corrected chi connectivity index (χ4v) is 6.77. The van der Waals surface area contributed by atoms with Crippen molar-refractivity contribution in [2.75, 3.05) is 21.3 Å². The van der Waals surface area contributed by atoms with E-state index in [1.54, 1.807) is 13.8 Å². The predicted octanol–water partition coefficient (Wildman–Crippen LogP) is 12.8. The first kappa shape index (κ1) is 52.2. The van der Waals surface area contributed by atoms with Gasteiger partial charge in [-0.3, -0.25) is 28.8 Å². The SMILES string of the molecule is CC(=O)C(N=Nc1cc(C(=O)Nc2ccc(C(F)(F)F)c(Cl)c2)ccc1Cl)C(=O)Nc1ccc(NC(=O)C(N=Nc2cc(C(=O)Nc3ccc(C(F)(F)F)c(Cl)c3)ccc2Cl)C(C)=O)c(C)c1C. The van der Waals surface area contributed by atoms with E-state index in [1.165, 1.54) is 48.5 Å². The minimum absolute atomic E-state index is 0.0331. The number of amides is 4. The van der Waals surface area contributed by atoms with Crippen molar-refractivity contribution in [3.63, 3.8) is 0 Å². The van der Waals surface area contributed by atoms with Crippen LogP contribution in [0.1, 0.15) is 56.8 Å². The van der Waals surface area contributed by atoms with E-state index in [4.69, 9.17) is 46.4 Å². The second kappa shape index (κ2) is 21.5. The normalized spacial score (nSPS) is 12.7. The van der Waals surface area contributed by atoms with E-state index in [0.29, 0.717) is 23.3 Å². The maximum atomic E-state index is 13.4. The summed E-state index contributed by atoms with van der Waals surface area (Å²) in [5.74, 6) is -4.90. The zero-order valence-corrected chi connectivity index (χ0v) is 38.3. The lowest BCUT2D eigenvalue weighted by atomic mass is 10.0. The summed E-state index contributed by atoms with van der Waals surface area (Å²) in [6.45, 7) is 5.32. The van der Waals surface area contributed by atoms with Gasteiger partial charge in [0.1, 0.15) is 11.4 Å². The average Bonchev–Trinajstić information content (AvgIpc) is 3.23. The molecule has 2 unspecified atom stereocenters. The van der Waals surface area contributed by atoms with E-state index in [9.17, 15) is 55.1 Å². The summed E-state index contributed by atoms with van der Waals surface area (Å²) in [4.78, 5) is 77.8. The van der Waals surface area contributed by atoms with Gasteiger partial charge in [0.15, 0.2) is 11.6 Å². The maximum absolute atomic E-state index is 13.4. The van der Waals surface area contributed by atoms with Gasteiger partial charge in [-0.15, -0.1) is 0 Å². The molecule has 0 saturated heterocycles. The van der Waals surface area contributed by atoms with Gasteiger partial charge in [-0.1, -0.05) is 46.4 Å². The van der Waals surface area contributed by atoms with Crippen LogP contribution in [0.2, 0.25) is 20.1 Å². The van der Waals surface area contributed by atoms with Gasteiger partial charge in [-0.05, 0) is 124 Å². The Hall–Kier alpha value is -6.74. The molecule has 24 heteroatoms. The molecule has 0 spiro atoms. The van der Waals surface area contributed by atoms with Gasteiger partial charge in [0.2, 0.25) is 12.1 Å². The van der Waals surface area contributed by atoms with Crippen molar-refractivity contribution in [2.24, 2.45) is 20.5 Å². The number of hydrogen-bond donors (Lipinski definition) is 4. The van der Waals surface area contributed by atoms with Crippen LogP contribution in [0, 0.1) is 13.8 Å². The van der Waals surface area contributed by atoms with Crippen molar-refractivity contribution in [2.45, 2.75) is 52.1 Å². The molecule has 5 rings (SSSR count). The molecule has 0 bridgehead atoms. The van der Waals surface area contributed by atoms with Crippen LogP contribution in [0.4, 0.5) is 60.5 Å². The Morgan fingerprint density at radius 1 is 0.485 bits per heavy atom. The summed E-state index contributed by atoms with van der Waals surface area (Å²) >= 11 is 24.0. The smallest absolute Gasteiger partial charge is 0.324 e. The number of rotatable bonds is 14. The van der Waals surface area contributed by atoms with E-state index in [2.05, 4.69) is 41.7 Å². The Bertz CT molecular complexity index is 2740. The third-order valence-corrected chi connectivity index (χ3v) is 10.9. The summed E-state index contributed by atoms with van der Waals surface area (Å²) in [7, 11) is 0. The van der Waals surface area contributed by atoms with Gasteiger partial charge >= 0.3 is 12.4 Å². The van der Waals surface area contributed by atoms with Gasteiger partial charge in [0.25, 0.3) is 23.6 Å². The topological polar surface area (TPSA) is 200 Å². The fourth-order valence-electron chi connectivity index (χ4n) is 5.88. The molecular weight excluding hydrogens is 992 g/mol. The minimum atomic E-state index is -4.71. The first-order valence-electron chi connectivity index (χ1n) is 19.2. The van der Waals surface area contributed by atoms with E-state index in [1.807, 2.05) is 0 Å². The highest BCUT2D eigenvalue weighted by molar-refractivity contribution is 6.34. The Kier molecular flexibility index (Phi) is 16.5. The van der Waals surface area contributed by atoms with Crippen molar-refractivity contribution in [3.8, 4) is 0 Å². The first-order valence-corrected chi connectivity index (χ1v) is 20.8. The molecule has 0 heterocycles. The van der Waals surface area contributed by atoms with Gasteiger partial charge in [-0.2, -0.15) is 46.8 Å². The molecule has 0 aliphatic carbocycles. The number of anilines is 4. The monoisotopic (exact) mass is 1020 g/mol. The molecule has 0 fully saturated rings. The molecule has 4 N–H and O–H groups in total. The zero-order chi connectivity index (χ0) is 50.4. The molecule has 0 aromatic heterocycles. The summed E-state index contributed by atoms with van der Waals surface area (Å²) in [6.07, 6.45) is -9.42. The number of alkyl halides is 6. The average molecular weight is 1020 g/mol.